The molecule has 33 heavy (non-hydrogen) atoms. The lowest BCUT2D eigenvalue weighted by molar-refractivity contribution is -0.140. The van der Waals surface area contributed by atoms with Crippen molar-refractivity contribution in [3.63, 3.8) is 0 Å². The smallest absolute Gasteiger partial charge is 0.222 e. The van der Waals surface area contributed by atoms with Crippen LogP contribution < -0.4 is 10.6 Å². The van der Waals surface area contributed by atoms with Crippen LogP contribution in [0.5, 0.6) is 0 Å². The van der Waals surface area contributed by atoms with E-state index >= 15 is 0 Å². The highest BCUT2D eigenvalue weighted by Gasteiger charge is 2.23. The zero-order valence-electron chi connectivity index (χ0n) is 20.8. The van der Waals surface area contributed by atoms with Gasteiger partial charge in [-0.3, -0.25) is 14.6 Å². The first-order valence-corrected chi connectivity index (χ1v) is 11.7. The predicted molar refractivity (Wildman–Crippen MR) is 141 cm³/mol. The Hall–Kier alpha value is -1.85. The van der Waals surface area contributed by atoms with Gasteiger partial charge in [0.1, 0.15) is 5.76 Å². The Morgan fingerprint density at radius 3 is 2.21 bits per heavy atom. The third kappa shape index (κ3) is 10.3. The number of aliphatic imine (C=N–C) groups is 1. The third-order valence-corrected chi connectivity index (χ3v) is 5.63. The molecule has 0 atom stereocenters. The van der Waals surface area contributed by atoms with Crippen LogP contribution in [0.2, 0.25) is 0 Å². The van der Waals surface area contributed by atoms with Crippen LogP contribution in [0.1, 0.15) is 63.3 Å². The first kappa shape index (κ1) is 29.2. The maximum absolute atomic E-state index is 12.4. The number of aryl methyl sites for hydroxylation is 2. The summed E-state index contributed by atoms with van der Waals surface area (Å²) < 4.78 is 5.56. The van der Waals surface area contributed by atoms with Gasteiger partial charge in [-0.2, -0.15) is 0 Å². The molecule has 0 saturated carbocycles. The molecule has 0 aromatic carbocycles. The Morgan fingerprint density at radius 1 is 1.03 bits per heavy atom. The summed E-state index contributed by atoms with van der Waals surface area (Å²) in [7, 11) is 1.73. The lowest BCUT2D eigenvalue weighted by Gasteiger charge is -2.35. The normalized spacial score (nSPS) is 14.3. The first-order valence-electron chi connectivity index (χ1n) is 11.7. The van der Waals surface area contributed by atoms with Crippen LogP contribution in [0.25, 0.3) is 0 Å². The summed E-state index contributed by atoms with van der Waals surface area (Å²) in [6.07, 6.45) is 3.95. The van der Waals surface area contributed by atoms with Crippen molar-refractivity contribution in [2.75, 3.05) is 39.8 Å². The molecule has 9 nitrogen and oxygen atoms in total. The molecule has 0 spiro atoms. The van der Waals surface area contributed by atoms with Crippen molar-refractivity contribution in [1.82, 2.24) is 25.4 Å². The van der Waals surface area contributed by atoms with Crippen LogP contribution in [-0.4, -0.2) is 72.3 Å². The van der Waals surface area contributed by atoms with Crippen LogP contribution in [0.4, 0.5) is 0 Å². The number of aromatic nitrogens is 1. The fourth-order valence-corrected chi connectivity index (χ4v) is 3.62. The largest absolute Gasteiger partial charge is 0.444 e. The standard InChI is InChI=1S/C23H40N6O3.HI/c1-17(2)15-22(31)29-13-11-28(12-14-29)21(30)9-7-6-8-10-25-23(24-5)26-16-20-27-18(3)19(4)32-20;/h17H,6-16H2,1-5H3,(H2,24,25,26);1H. The number of amides is 2. The van der Waals surface area contributed by atoms with Crippen LogP contribution in [-0.2, 0) is 16.1 Å². The van der Waals surface area contributed by atoms with Crippen molar-refractivity contribution in [2.24, 2.45) is 10.9 Å². The van der Waals surface area contributed by atoms with Gasteiger partial charge in [0, 0.05) is 52.6 Å². The number of unbranched alkanes of at least 4 members (excludes halogenated alkanes) is 2. The van der Waals surface area contributed by atoms with E-state index in [2.05, 4.69) is 34.5 Å². The molecule has 1 fully saturated rings. The van der Waals surface area contributed by atoms with Crippen molar-refractivity contribution in [3.05, 3.63) is 17.3 Å². The molecule has 1 aromatic rings. The van der Waals surface area contributed by atoms with Crippen LogP contribution >= 0.6 is 24.0 Å². The van der Waals surface area contributed by atoms with Gasteiger partial charge in [0.2, 0.25) is 17.7 Å². The highest BCUT2D eigenvalue weighted by Crippen LogP contribution is 2.11. The summed E-state index contributed by atoms with van der Waals surface area (Å²) in [6.45, 7) is 11.8. The van der Waals surface area contributed by atoms with E-state index in [0.717, 1.165) is 37.3 Å². The molecular formula is C23H41IN6O3. The summed E-state index contributed by atoms with van der Waals surface area (Å²) >= 11 is 0. The summed E-state index contributed by atoms with van der Waals surface area (Å²) in [5.74, 6) is 2.96. The number of carbonyl (C=O) groups excluding carboxylic acids is 2. The average Bonchev–Trinajstić information content (AvgIpc) is 3.09. The fourth-order valence-electron chi connectivity index (χ4n) is 3.62. The van der Waals surface area contributed by atoms with E-state index in [-0.39, 0.29) is 35.8 Å². The number of piperazine rings is 1. The second-order valence-electron chi connectivity index (χ2n) is 8.77. The molecule has 10 heteroatoms. The molecule has 0 unspecified atom stereocenters. The minimum absolute atomic E-state index is 0. The molecule has 1 aliphatic heterocycles. The predicted octanol–water partition coefficient (Wildman–Crippen LogP) is 2.85. The second-order valence-corrected chi connectivity index (χ2v) is 8.77. The molecule has 0 aliphatic carbocycles. The van der Waals surface area contributed by atoms with Crippen molar-refractivity contribution in [1.29, 1.82) is 0 Å². The van der Waals surface area contributed by atoms with Gasteiger partial charge in [0.15, 0.2) is 5.96 Å². The topological polar surface area (TPSA) is 103 Å². The van der Waals surface area contributed by atoms with Gasteiger partial charge in [-0.25, -0.2) is 4.98 Å². The van der Waals surface area contributed by atoms with Gasteiger partial charge in [0.05, 0.1) is 12.2 Å². The molecule has 1 aliphatic rings. The molecule has 1 aromatic heterocycles. The molecule has 1 saturated heterocycles. The number of rotatable bonds is 10. The highest BCUT2D eigenvalue weighted by molar-refractivity contribution is 14.0. The number of carbonyl (C=O) groups is 2. The maximum Gasteiger partial charge on any atom is 0.222 e. The number of hydrogen-bond donors (Lipinski definition) is 2. The Labute approximate surface area is 215 Å². The van der Waals surface area contributed by atoms with E-state index in [0.29, 0.717) is 63.3 Å². The van der Waals surface area contributed by atoms with Crippen molar-refractivity contribution >= 4 is 41.8 Å². The van der Waals surface area contributed by atoms with Gasteiger partial charge in [-0.15, -0.1) is 24.0 Å². The summed E-state index contributed by atoms with van der Waals surface area (Å²) in [4.78, 5) is 36.9. The van der Waals surface area contributed by atoms with Gasteiger partial charge >= 0.3 is 0 Å². The van der Waals surface area contributed by atoms with Crippen molar-refractivity contribution < 1.29 is 14.0 Å². The number of nitrogens with one attached hydrogen (secondary N) is 2. The molecule has 2 N–H and O–H groups in total. The van der Waals surface area contributed by atoms with Crippen LogP contribution in [0.15, 0.2) is 9.41 Å². The first-order chi connectivity index (χ1) is 15.3. The van der Waals surface area contributed by atoms with E-state index in [1.54, 1.807) is 7.05 Å². The lowest BCUT2D eigenvalue weighted by atomic mass is 10.1. The number of oxazole rings is 1. The zero-order valence-corrected chi connectivity index (χ0v) is 23.1. The van der Waals surface area contributed by atoms with Crippen LogP contribution in [0.3, 0.4) is 0 Å². The number of hydrogen-bond acceptors (Lipinski definition) is 5. The monoisotopic (exact) mass is 576 g/mol. The minimum atomic E-state index is 0. The third-order valence-electron chi connectivity index (χ3n) is 5.63. The summed E-state index contributed by atoms with van der Waals surface area (Å²) in [5, 5.41) is 6.47. The molecule has 2 rings (SSSR count). The molecule has 188 valence electrons. The summed E-state index contributed by atoms with van der Waals surface area (Å²) in [5.41, 5.74) is 0.904. The molecule has 0 bridgehead atoms. The number of guanidine groups is 1. The SMILES string of the molecule is CN=C(NCCCCCC(=O)N1CCN(C(=O)CC(C)C)CC1)NCc1nc(C)c(C)o1.I. The average molecular weight is 577 g/mol. The van der Waals surface area contributed by atoms with Crippen molar-refractivity contribution in [2.45, 2.75) is 66.3 Å². The molecule has 2 heterocycles. The van der Waals surface area contributed by atoms with Gasteiger partial charge in [-0.1, -0.05) is 20.3 Å². The highest BCUT2D eigenvalue weighted by atomic mass is 127. The van der Waals surface area contributed by atoms with E-state index in [1.807, 2.05) is 23.6 Å². The molecular weight excluding hydrogens is 535 g/mol. The van der Waals surface area contributed by atoms with E-state index in [9.17, 15) is 9.59 Å². The van der Waals surface area contributed by atoms with Crippen LogP contribution in [0, 0.1) is 19.8 Å². The van der Waals surface area contributed by atoms with Gasteiger partial charge in [0.25, 0.3) is 0 Å². The minimum Gasteiger partial charge on any atom is -0.444 e. The second kappa shape index (κ2) is 15.1. The van der Waals surface area contributed by atoms with E-state index in [1.165, 1.54) is 0 Å². The van der Waals surface area contributed by atoms with Gasteiger partial charge < -0.3 is 24.9 Å². The number of halogens is 1. The van der Waals surface area contributed by atoms with Gasteiger partial charge in [-0.05, 0) is 32.6 Å². The van der Waals surface area contributed by atoms with E-state index in [4.69, 9.17) is 4.42 Å². The van der Waals surface area contributed by atoms with E-state index < -0.39 is 0 Å². The quantitative estimate of drug-likeness (QED) is 0.192. The fraction of sp³-hybridized carbons (Fsp3) is 0.739. The number of nitrogens with zero attached hydrogens (tertiary/aromatic N) is 4. The Kier molecular flexibility index (Phi) is 13.4. The Morgan fingerprint density at radius 2 is 1.67 bits per heavy atom. The Bertz CT molecular complexity index is 753. The van der Waals surface area contributed by atoms with Crippen molar-refractivity contribution in [3.8, 4) is 0 Å². The summed E-state index contributed by atoms with van der Waals surface area (Å²) in [6, 6.07) is 0. The Balaban J connectivity index is 0.00000544. The lowest BCUT2D eigenvalue weighted by Crippen LogP contribution is -2.50. The zero-order chi connectivity index (χ0) is 23.5. The molecule has 0 radical (unpaired) electrons. The maximum atomic E-state index is 12.4. The molecule has 2 amide bonds.